The zero-order valence-electron chi connectivity index (χ0n) is 9.69. The molecular formula is C13H16BrN3. The van der Waals surface area contributed by atoms with Gasteiger partial charge in [0.25, 0.3) is 0 Å². The zero-order valence-corrected chi connectivity index (χ0v) is 11.3. The van der Waals surface area contributed by atoms with E-state index in [2.05, 4.69) is 50.4 Å². The van der Waals surface area contributed by atoms with Gasteiger partial charge in [-0.25, -0.2) is 0 Å². The lowest BCUT2D eigenvalue weighted by molar-refractivity contribution is 0.439. The number of nitriles is 1. The predicted molar refractivity (Wildman–Crippen MR) is 73.0 cm³/mol. The van der Waals surface area contributed by atoms with Gasteiger partial charge in [-0.1, -0.05) is 12.1 Å². The standard InChI is InChI=1S/C13H16BrN3/c14-12-5-1-2-6-13(12)17-9-3-4-11(10-17)16-8-7-15/h1-2,5-6,11,16H,3-4,8-10H2. The Kier molecular flexibility index (Phi) is 4.41. The van der Waals surface area contributed by atoms with Gasteiger partial charge in [0.05, 0.1) is 18.3 Å². The summed E-state index contributed by atoms with van der Waals surface area (Å²) in [5, 5.41) is 11.9. The van der Waals surface area contributed by atoms with Crippen molar-refractivity contribution < 1.29 is 0 Å². The Bertz CT molecular complexity index is 413. The molecule has 1 atom stereocenters. The first-order chi connectivity index (χ1) is 8.31. The van der Waals surface area contributed by atoms with Crippen LogP contribution in [0.2, 0.25) is 0 Å². The molecule has 1 heterocycles. The van der Waals surface area contributed by atoms with Crippen molar-refractivity contribution in [2.45, 2.75) is 18.9 Å². The third-order valence-corrected chi connectivity index (χ3v) is 3.75. The van der Waals surface area contributed by atoms with Crippen molar-refractivity contribution in [1.82, 2.24) is 5.32 Å². The lowest BCUT2D eigenvalue weighted by Crippen LogP contribution is -2.46. The normalized spacial score (nSPS) is 20.0. The number of hydrogen-bond donors (Lipinski definition) is 1. The fourth-order valence-corrected chi connectivity index (χ4v) is 2.80. The Labute approximate surface area is 111 Å². The summed E-state index contributed by atoms with van der Waals surface area (Å²) in [7, 11) is 0. The minimum absolute atomic E-state index is 0.426. The molecule has 2 rings (SSSR count). The summed E-state index contributed by atoms with van der Waals surface area (Å²) in [4.78, 5) is 2.38. The second-order valence-electron chi connectivity index (χ2n) is 4.28. The summed E-state index contributed by atoms with van der Waals surface area (Å²) in [5.74, 6) is 0. The van der Waals surface area contributed by atoms with E-state index >= 15 is 0 Å². The van der Waals surface area contributed by atoms with Gasteiger partial charge >= 0.3 is 0 Å². The van der Waals surface area contributed by atoms with Gasteiger partial charge in [0, 0.05) is 23.6 Å². The van der Waals surface area contributed by atoms with E-state index in [-0.39, 0.29) is 0 Å². The van der Waals surface area contributed by atoms with Crippen molar-refractivity contribution in [3.05, 3.63) is 28.7 Å². The van der Waals surface area contributed by atoms with Crippen molar-refractivity contribution in [1.29, 1.82) is 5.26 Å². The van der Waals surface area contributed by atoms with Gasteiger partial charge in [0.15, 0.2) is 0 Å². The van der Waals surface area contributed by atoms with Gasteiger partial charge in [0.2, 0.25) is 0 Å². The fourth-order valence-electron chi connectivity index (χ4n) is 2.26. The fraction of sp³-hybridized carbons (Fsp3) is 0.462. The lowest BCUT2D eigenvalue weighted by atomic mass is 10.0. The molecule has 1 aliphatic rings. The Morgan fingerprint density at radius 2 is 2.29 bits per heavy atom. The molecule has 0 aliphatic carbocycles. The van der Waals surface area contributed by atoms with Crippen LogP contribution in [0, 0.1) is 11.3 Å². The molecule has 0 saturated carbocycles. The maximum atomic E-state index is 8.59. The molecule has 90 valence electrons. The number of hydrogen-bond acceptors (Lipinski definition) is 3. The Morgan fingerprint density at radius 3 is 3.06 bits per heavy atom. The van der Waals surface area contributed by atoms with Crippen molar-refractivity contribution in [3.8, 4) is 6.07 Å². The third kappa shape index (κ3) is 3.21. The van der Waals surface area contributed by atoms with Crippen molar-refractivity contribution in [2.24, 2.45) is 0 Å². The summed E-state index contributed by atoms with van der Waals surface area (Å²) >= 11 is 3.59. The van der Waals surface area contributed by atoms with E-state index in [0.29, 0.717) is 12.6 Å². The molecule has 1 saturated heterocycles. The molecule has 0 amide bonds. The number of nitrogens with zero attached hydrogens (tertiary/aromatic N) is 2. The number of anilines is 1. The minimum atomic E-state index is 0.426. The molecule has 0 spiro atoms. The molecule has 0 radical (unpaired) electrons. The summed E-state index contributed by atoms with van der Waals surface area (Å²) in [6.45, 7) is 2.51. The van der Waals surface area contributed by atoms with Crippen LogP contribution in [0.3, 0.4) is 0 Å². The highest BCUT2D eigenvalue weighted by atomic mass is 79.9. The van der Waals surface area contributed by atoms with Gasteiger partial charge in [-0.3, -0.25) is 5.32 Å². The van der Waals surface area contributed by atoms with Gasteiger partial charge in [-0.05, 0) is 40.9 Å². The molecule has 1 aromatic carbocycles. The maximum absolute atomic E-state index is 8.59. The second kappa shape index (κ2) is 6.04. The highest BCUT2D eigenvalue weighted by Crippen LogP contribution is 2.28. The van der Waals surface area contributed by atoms with Gasteiger partial charge < -0.3 is 4.90 Å². The van der Waals surface area contributed by atoms with Gasteiger partial charge in [-0.2, -0.15) is 5.26 Å². The van der Waals surface area contributed by atoms with E-state index in [0.717, 1.165) is 24.0 Å². The number of piperidine rings is 1. The number of para-hydroxylation sites is 1. The van der Waals surface area contributed by atoms with Crippen LogP contribution < -0.4 is 10.2 Å². The summed E-state index contributed by atoms with van der Waals surface area (Å²) in [6.07, 6.45) is 2.33. The monoisotopic (exact) mass is 293 g/mol. The van der Waals surface area contributed by atoms with E-state index in [1.54, 1.807) is 0 Å². The van der Waals surface area contributed by atoms with E-state index < -0.39 is 0 Å². The molecule has 3 nitrogen and oxygen atoms in total. The van der Waals surface area contributed by atoms with Crippen LogP contribution >= 0.6 is 15.9 Å². The average molecular weight is 294 g/mol. The largest absolute Gasteiger partial charge is 0.369 e. The molecule has 0 aromatic heterocycles. The number of nitrogens with one attached hydrogen (secondary N) is 1. The van der Waals surface area contributed by atoms with Crippen LogP contribution in [0.5, 0.6) is 0 Å². The number of halogens is 1. The van der Waals surface area contributed by atoms with Crippen LogP contribution in [0.1, 0.15) is 12.8 Å². The molecule has 1 unspecified atom stereocenters. The van der Waals surface area contributed by atoms with E-state index in [4.69, 9.17) is 5.26 Å². The Balaban J connectivity index is 2.02. The van der Waals surface area contributed by atoms with Crippen molar-refractivity contribution >= 4 is 21.6 Å². The molecule has 4 heteroatoms. The van der Waals surface area contributed by atoms with E-state index in [1.807, 2.05) is 6.07 Å². The Morgan fingerprint density at radius 1 is 1.47 bits per heavy atom. The predicted octanol–water partition coefficient (Wildman–Crippen LogP) is 2.53. The highest BCUT2D eigenvalue weighted by Gasteiger charge is 2.20. The topological polar surface area (TPSA) is 39.1 Å². The summed E-state index contributed by atoms with van der Waals surface area (Å²) in [6, 6.07) is 10.9. The molecule has 1 aliphatic heterocycles. The second-order valence-corrected chi connectivity index (χ2v) is 5.13. The first-order valence-corrected chi connectivity index (χ1v) is 6.70. The van der Waals surface area contributed by atoms with E-state index in [9.17, 15) is 0 Å². The minimum Gasteiger partial charge on any atom is -0.369 e. The van der Waals surface area contributed by atoms with Crippen LogP contribution in [0.4, 0.5) is 5.69 Å². The van der Waals surface area contributed by atoms with Crippen molar-refractivity contribution in [3.63, 3.8) is 0 Å². The third-order valence-electron chi connectivity index (χ3n) is 3.08. The van der Waals surface area contributed by atoms with E-state index in [1.165, 1.54) is 12.1 Å². The molecular weight excluding hydrogens is 278 g/mol. The SMILES string of the molecule is N#CCNC1CCCN(c2ccccc2Br)C1. The molecule has 17 heavy (non-hydrogen) atoms. The van der Waals surface area contributed by atoms with Gasteiger partial charge in [0.1, 0.15) is 0 Å². The zero-order chi connectivity index (χ0) is 12.1. The maximum Gasteiger partial charge on any atom is 0.0843 e. The average Bonchev–Trinajstić information content (AvgIpc) is 2.37. The first kappa shape index (κ1) is 12.4. The van der Waals surface area contributed by atoms with Gasteiger partial charge in [-0.15, -0.1) is 0 Å². The lowest BCUT2D eigenvalue weighted by Gasteiger charge is -2.35. The summed E-state index contributed by atoms with van der Waals surface area (Å²) < 4.78 is 1.14. The first-order valence-electron chi connectivity index (χ1n) is 5.91. The van der Waals surface area contributed by atoms with Crippen LogP contribution in [0.25, 0.3) is 0 Å². The van der Waals surface area contributed by atoms with Crippen LogP contribution in [-0.2, 0) is 0 Å². The summed E-state index contributed by atoms with van der Waals surface area (Å²) in [5.41, 5.74) is 1.25. The highest BCUT2D eigenvalue weighted by molar-refractivity contribution is 9.10. The Hall–Kier alpha value is -1.05. The number of rotatable bonds is 3. The smallest absolute Gasteiger partial charge is 0.0843 e. The molecule has 1 N–H and O–H groups in total. The quantitative estimate of drug-likeness (QED) is 0.871. The molecule has 1 fully saturated rings. The van der Waals surface area contributed by atoms with Crippen LogP contribution in [-0.4, -0.2) is 25.7 Å². The number of benzene rings is 1. The molecule has 1 aromatic rings. The molecule has 0 bridgehead atoms. The van der Waals surface area contributed by atoms with Crippen LogP contribution in [0.15, 0.2) is 28.7 Å². The van der Waals surface area contributed by atoms with Crippen molar-refractivity contribution in [2.75, 3.05) is 24.5 Å².